The van der Waals surface area contributed by atoms with Gasteiger partial charge in [-0.3, -0.25) is 14.2 Å². The summed E-state index contributed by atoms with van der Waals surface area (Å²) in [6.07, 6.45) is 5.82. The number of nitrogens with zero attached hydrogens (tertiary/aromatic N) is 2. The molecule has 148 valence electrons. The minimum absolute atomic E-state index is 0.0132. The summed E-state index contributed by atoms with van der Waals surface area (Å²) in [6.45, 7) is 8.16. The number of thioether (sulfide) groups is 1. The normalized spacial score (nSPS) is 12.5. The molecule has 1 amide bonds. The Balaban J connectivity index is 2.02. The first-order valence-corrected chi connectivity index (χ1v) is 10.9. The molecule has 2 aromatic rings. The van der Waals surface area contributed by atoms with Crippen molar-refractivity contribution in [3.8, 4) is 0 Å². The van der Waals surface area contributed by atoms with Crippen LogP contribution in [0.1, 0.15) is 65.8 Å². The van der Waals surface area contributed by atoms with Crippen molar-refractivity contribution in [1.82, 2.24) is 14.9 Å². The quantitative estimate of drug-likeness (QED) is 0.368. The predicted molar refractivity (Wildman–Crippen MR) is 113 cm³/mol. The fourth-order valence-corrected chi connectivity index (χ4v) is 4.02. The first kappa shape index (κ1) is 21.5. The second kappa shape index (κ2) is 10.5. The SMILES string of the molecule is CCCCCC[C@@H](C)NC(=O)CSc1nc2ccccc2c(=O)n1C(C)C. The van der Waals surface area contributed by atoms with Crippen LogP contribution in [0, 0.1) is 0 Å². The lowest BCUT2D eigenvalue weighted by Gasteiger charge is -2.17. The Morgan fingerprint density at radius 2 is 1.93 bits per heavy atom. The van der Waals surface area contributed by atoms with Gasteiger partial charge in [0.15, 0.2) is 5.16 Å². The molecule has 6 heteroatoms. The van der Waals surface area contributed by atoms with Crippen LogP contribution >= 0.6 is 11.8 Å². The Morgan fingerprint density at radius 1 is 1.19 bits per heavy atom. The van der Waals surface area contributed by atoms with E-state index in [-0.39, 0.29) is 29.3 Å². The average molecular weight is 390 g/mol. The van der Waals surface area contributed by atoms with Gasteiger partial charge in [-0.05, 0) is 39.3 Å². The van der Waals surface area contributed by atoms with Gasteiger partial charge in [0.2, 0.25) is 5.91 Å². The summed E-state index contributed by atoms with van der Waals surface area (Å²) in [6, 6.07) is 7.51. The minimum Gasteiger partial charge on any atom is -0.353 e. The van der Waals surface area contributed by atoms with Crippen molar-refractivity contribution < 1.29 is 4.79 Å². The van der Waals surface area contributed by atoms with Crippen LogP contribution in [0.25, 0.3) is 10.9 Å². The number of carbonyl (C=O) groups is 1. The summed E-state index contributed by atoms with van der Waals surface area (Å²) in [5, 5.41) is 4.26. The average Bonchev–Trinajstić information content (AvgIpc) is 2.63. The van der Waals surface area contributed by atoms with Gasteiger partial charge < -0.3 is 5.32 Å². The number of benzene rings is 1. The second-order valence-corrected chi connectivity index (χ2v) is 8.23. The third kappa shape index (κ3) is 6.09. The maximum absolute atomic E-state index is 12.8. The fourth-order valence-electron chi connectivity index (χ4n) is 3.08. The maximum Gasteiger partial charge on any atom is 0.262 e. The summed E-state index contributed by atoms with van der Waals surface area (Å²) in [7, 11) is 0. The molecule has 0 saturated carbocycles. The van der Waals surface area contributed by atoms with Gasteiger partial charge in [-0.1, -0.05) is 56.5 Å². The molecule has 1 atom stereocenters. The molecular weight excluding hydrogens is 358 g/mol. The maximum atomic E-state index is 12.8. The zero-order valence-corrected chi connectivity index (χ0v) is 17.6. The number of aromatic nitrogens is 2. The Bertz CT molecular complexity index is 817. The molecule has 0 radical (unpaired) electrons. The second-order valence-electron chi connectivity index (χ2n) is 7.29. The summed E-state index contributed by atoms with van der Waals surface area (Å²) in [5.74, 6) is 0.247. The highest BCUT2D eigenvalue weighted by Crippen LogP contribution is 2.20. The molecule has 2 rings (SSSR count). The summed E-state index contributed by atoms with van der Waals surface area (Å²) in [5.41, 5.74) is 0.620. The molecule has 5 nitrogen and oxygen atoms in total. The van der Waals surface area contributed by atoms with Crippen LogP contribution in [0.4, 0.5) is 0 Å². The van der Waals surface area contributed by atoms with E-state index in [4.69, 9.17) is 0 Å². The number of unbranched alkanes of at least 4 members (excludes halogenated alkanes) is 3. The van der Waals surface area contributed by atoms with Crippen molar-refractivity contribution in [3.63, 3.8) is 0 Å². The van der Waals surface area contributed by atoms with E-state index in [1.165, 1.54) is 31.0 Å². The zero-order valence-electron chi connectivity index (χ0n) is 16.8. The van der Waals surface area contributed by atoms with E-state index < -0.39 is 0 Å². The monoisotopic (exact) mass is 389 g/mol. The molecular formula is C21H31N3O2S. The largest absolute Gasteiger partial charge is 0.353 e. The molecule has 1 heterocycles. The number of amides is 1. The van der Waals surface area contributed by atoms with Crippen LogP contribution in [-0.4, -0.2) is 27.3 Å². The zero-order chi connectivity index (χ0) is 19.8. The van der Waals surface area contributed by atoms with Gasteiger partial charge >= 0.3 is 0 Å². The van der Waals surface area contributed by atoms with Crippen LogP contribution < -0.4 is 10.9 Å². The van der Waals surface area contributed by atoms with Crippen LogP contribution in [-0.2, 0) is 4.79 Å². The molecule has 0 spiro atoms. The van der Waals surface area contributed by atoms with Crippen molar-refractivity contribution >= 4 is 28.6 Å². The lowest BCUT2D eigenvalue weighted by molar-refractivity contribution is -0.119. The van der Waals surface area contributed by atoms with E-state index in [9.17, 15) is 9.59 Å². The van der Waals surface area contributed by atoms with E-state index in [1.807, 2.05) is 39.0 Å². The van der Waals surface area contributed by atoms with Gasteiger partial charge in [-0.2, -0.15) is 0 Å². The van der Waals surface area contributed by atoms with Crippen LogP contribution in [0.15, 0.2) is 34.2 Å². The highest BCUT2D eigenvalue weighted by atomic mass is 32.2. The highest BCUT2D eigenvalue weighted by molar-refractivity contribution is 7.99. The molecule has 0 unspecified atom stereocenters. The minimum atomic E-state index is -0.0530. The number of fused-ring (bicyclic) bond motifs is 1. The van der Waals surface area contributed by atoms with E-state index in [0.717, 1.165) is 12.8 Å². The number of rotatable bonds is 10. The van der Waals surface area contributed by atoms with Crippen molar-refractivity contribution in [1.29, 1.82) is 0 Å². The molecule has 1 N–H and O–H groups in total. The van der Waals surface area contributed by atoms with Gasteiger partial charge in [0, 0.05) is 12.1 Å². The molecule has 0 saturated heterocycles. The van der Waals surface area contributed by atoms with Crippen molar-refractivity contribution in [2.24, 2.45) is 0 Å². The lowest BCUT2D eigenvalue weighted by Crippen LogP contribution is -2.34. The van der Waals surface area contributed by atoms with Gasteiger partial charge in [0.1, 0.15) is 0 Å². The van der Waals surface area contributed by atoms with Gasteiger partial charge in [-0.15, -0.1) is 0 Å². The first-order valence-electron chi connectivity index (χ1n) is 9.87. The van der Waals surface area contributed by atoms with E-state index in [0.29, 0.717) is 16.1 Å². The van der Waals surface area contributed by atoms with Crippen molar-refractivity contribution in [2.45, 2.75) is 77.0 Å². The van der Waals surface area contributed by atoms with Gasteiger partial charge in [0.25, 0.3) is 5.56 Å². The Labute approximate surface area is 166 Å². The standard InChI is InChI=1S/C21H31N3O2S/c1-5-6-7-8-11-16(4)22-19(25)14-27-21-23-18-13-10-9-12-17(18)20(26)24(21)15(2)3/h9-10,12-13,15-16H,5-8,11,14H2,1-4H3,(H,22,25)/t16-/m1/s1. The van der Waals surface area contributed by atoms with Gasteiger partial charge in [0.05, 0.1) is 16.7 Å². The van der Waals surface area contributed by atoms with E-state index in [2.05, 4.69) is 17.2 Å². The number of para-hydroxylation sites is 1. The highest BCUT2D eigenvalue weighted by Gasteiger charge is 2.15. The number of hydrogen-bond donors (Lipinski definition) is 1. The summed E-state index contributed by atoms with van der Waals surface area (Å²) < 4.78 is 1.68. The molecule has 0 aliphatic carbocycles. The Kier molecular flexibility index (Phi) is 8.35. The van der Waals surface area contributed by atoms with Crippen LogP contribution in [0.2, 0.25) is 0 Å². The Morgan fingerprint density at radius 3 is 2.63 bits per heavy atom. The molecule has 1 aromatic carbocycles. The van der Waals surface area contributed by atoms with Crippen molar-refractivity contribution in [2.75, 3.05) is 5.75 Å². The molecule has 0 aliphatic heterocycles. The fraction of sp³-hybridized carbons (Fsp3) is 0.571. The topological polar surface area (TPSA) is 64.0 Å². The summed E-state index contributed by atoms with van der Waals surface area (Å²) in [4.78, 5) is 29.7. The molecule has 0 fully saturated rings. The molecule has 1 aromatic heterocycles. The first-order chi connectivity index (χ1) is 12.9. The summed E-state index contributed by atoms with van der Waals surface area (Å²) >= 11 is 1.33. The molecule has 0 bridgehead atoms. The third-order valence-electron chi connectivity index (χ3n) is 4.52. The predicted octanol–water partition coefficient (Wildman–Crippen LogP) is 4.54. The molecule has 27 heavy (non-hydrogen) atoms. The van der Waals surface area contributed by atoms with Crippen LogP contribution in [0.5, 0.6) is 0 Å². The number of carbonyl (C=O) groups excluding carboxylic acids is 1. The third-order valence-corrected chi connectivity index (χ3v) is 5.47. The van der Waals surface area contributed by atoms with Crippen molar-refractivity contribution in [3.05, 3.63) is 34.6 Å². The number of hydrogen-bond acceptors (Lipinski definition) is 4. The Hall–Kier alpha value is -1.82. The molecule has 0 aliphatic rings. The smallest absolute Gasteiger partial charge is 0.262 e. The lowest BCUT2D eigenvalue weighted by atomic mass is 10.1. The van der Waals surface area contributed by atoms with E-state index in [1.54, 1.807) is 10.6 Å². The number of nitrogens with one attached hydrogen (secondary N) is 1. The van der Waals surface area contributed by atoms with Crippen LogP contribution in [0.3, 0.4) is 0 Å². The van der Waals surface area contributed by atoms with E-state index >= 15 is 0 Å². The van der Waals surface area contributed by atoms with Gasteiger partial charge in [-0.25, -0.2) is 4.98 Å².